The number of nitrogens with one attached hydrogen (secondary N) is 1. The van der Waals surface area contributed by atoms with Crippen molar-refractivity contribution >= 4 is 34.2 Å². The van der Waals surface area contributed by atoms with Crippen molar-refractivity contribution in [2.24, 2.45) is 0 Å². The van der Waals surface area contributed by atoms with E-state index in [9.17, 15) is 14.7 Å². The molecule has 7 nitrogen and oxygen atoms in total. The van der Waals surface area contributed by atoms with Gasteiger partial charge < -0.3 is 20.3 Å². The van der Waals surface area contributed by atoms with Gasteiger partial charge in [-0.2, -0.15) is 0 Å². The number of hydrogen-bond acceptors (Lipinski definition) is 5. The second-order valence-electron chi connectivity index (χ2n) is 6.11. The van der Waals surface area contributed by atoms with Crippen LogP contribution in [-0.2, 0) is 11.4 Å². The lowest BCUT2D eigenvalue weighted by atomic mass is 10.1. The minimum Gasteiger partial charge on any atom is -0.505 e. The zero-order valence-corrected chi connectivity index (χ0v) is 15.6. The Morgan fingerprint density at radius 2 is 1.89 bits per heavy atom. The molecule has 0 spiro atoms. The number of ether oxygens (including phenoxy) is 1. The van der Waals surface area contributed by atoms with Gasteiger partial charge in [0.25, 0.3) is 5.91 Å². The van der Waals surface area contributed by atoms with Gasteiger partial charge in [0.2, 0.25) is 0 Å². The third kappa shape index (κ3) is 4.15. The molecule has 0 saturated heterocycles. The third-order valence-corrected chi connectivity index (χ3v) is 4.37. The van der Waals surface area contributed by atoms with E-state index >= 15 is 0 Å². The predicted molar refractivity (Wildman–Crippen MR) is 104 cm³/mol. The molecule has 3 aromatic rings. The van der Waals surface area contributed by atoms with E-state index in [1.165, 1.54) is 6.92 Å². The highest BCUT2D eigenvalue weighted by molar-refractivity contribution is 6.35. The number of carbonyl (C=O) groups excluding carboxylic acids is 1. The summed E-state index contributed by atoms with van der Waals surface area (Å²) in [6.45, 7) is 1.63. The molecular formula is C20H17ClN2O5. The van der Waals surface area contributed by atoms with Crippen LogP contribution in [0.5, 0.6) is 11.5 Å². The van der Waals surface area contributed by atoms with Gasteiger partial charge in [0.05, 0.1) is 0 Å². The number of fused-ring (bicyclic) bond motifs is 1. The lowest BCUT2D eigenvalue weighted by molar-refractivity contribution is -0.138. The average Bonchev–Trinajstić information content (AvgIpc) is 2.69. The van der Waals surface area contributed by atoms with E-state index in [1.54, 1.807) is 18.2 Å². The number of amides is 1. The Bertz CT molecular complexity index is 1040. The normalized spacial score (nSPS) is 11.8. The quantitative estimate of drug-likeness (QED) is 0.547. The Kier molecular flexibility index (Phi) is 5.65. The summed E-state index contributed by atoms with van der Waals surface area (Å²) in [6.07, 6.45) is 0. The summed E-state index contributed by atoms with van der Waals surface area (Å²) in [6, 6.07) is 13.3. The maximum atomic E-state index is 12.3. The Morgan fingerprint density at radius 3 is 2.57 bits per heavy atom. The molecule has 0 fully saturated rings. The molecule has 3 rings (SSSR count). The summed E-state index contributed by atoms with van der Waals surface area (Å²) in [5.41, 5.74) is 0.619. The minimum absolute atomic E-state index is 0.00976. The number of aliphatic carboxylic acids is 1. The molecule has 1 aromatic heterocycles. The van der Waals surface area contributed by atoms with Crippen LogP contribution in [0.25, 0.3) is 10.8 Å². The van der Waals surface area contributed by atoms with Crippen LogP contribution in [-0.4, -0.2) is 33.1 Å². The van der Waals surface area contributed by atoms with E-state index in [-0.39, 0.29) is 16.2 Å². The fourth-order valence-electron chi connectivity index (χ4n) is 2.55. The zero-order valence-electron chi connectivity index (χ0n) is 14.8. The van der Waals surface area contributed by atoms with Gasteiger partial charge in [-0.25, -0.2) is 4.98 Å². The highest BCUT2D eigenvalue weighted by Gasteiger charge is 2.22. The van der Waals surface area contributed by atoms with Crippen molar-refractivity contribution in [3.05, 3.63) is 64.9 Å². The fraction of sp³-hybridized carbons (Fsp3) is 0.150. The van der Waals surface area contributed by atoms with Gasteiger partial charge in [0, 0.05) is 10.8 Å². The number of hydrogen-bond donors (Lipinski definition) is 3. The fourth-order valence-corrected chi connectivity index (χ4v) is 2.80. The molecule has 0 saturated carbocycles. The van der Waals surface area contributed by atoms with E-state index in [1.807, 2.05) is 30.3 Å². The van der Waals surface area contributed by atoms with Crippen LogP contribution in [0.2, 0.25) is 5.15 Å². The van der Waals surface area contributed by atoms with Crippen molar-refractivity contribution < 1.29 is 24.5 Å². The first kappa shape index (κ1) is 19.4. The SMILES string of the molecule is C[C@@H](NC(=O)c1nc(Cl)c2ccc(OCc3ccccc3)cc2c1O)C(=O)O. The Hall–Kier alpha value is -3.32. The summed E-state index contributed by atoms with van der Waals surface area (Å²) in [4.78, 5) is 27.1. The average molecular weight is 401 g/mol. The number of pyridine rings is 1. The first-order chi connectivity index (χ1) is 13.4. The molecule has 2 aromatic carbocycles. The minimum atomic E-state index is -1.21. The third-order valence-electron chi connectivity index (χ3n) is 4.08. The van der Waals surface area contributed by atoms with Gasteiger partial charge in [0.1, 0.15) is 23.6 Å². The summed E-state index contributed by atoms with van der Waals surface area (Å²) < 4.78 is 5.74. The van der Waals surface area contributed by atoms with Crippen molar-refractivity contribution in [2.75, 3.05) is 0 Å². The predicted octanol–water partition coefficient (Wildman–Crippen LogP) is 3.38. The lowest BCUT2D eigenvalue weighted by Gasteiger charge is -2.13. The molecular weight excluding hydrogens is 384 g/mol. The summed E-state index contributed by atoms with van der Waals surface area (Å²) >= 11 is 6.14. The standard InChI is InChI=1S/C20H17ClN2O5/c1-11(20(26)27)22-19(25)16-17(24)15-9-13(7-8-14(15)18(21)23-16)28-10-12-5-3-2-4-6-12/h2-9,11,24H,10H2,1H3,(H,22,25)(H,26,27)/t11-/m1/s1. The number of carboxylic acid groups (broad SMARTS) is 1. The van der Waals surface area contributed by atoms with Crippen LogP contribution >= 0.6 is 11.6 Å². The Morgan fingerprint density at radius 1 is 1.18 bits per heavy atom. The van der Waals surface area contributed by atoms with E-state index in [4.69, 9.17) is 21.4 Å². The van der Waals surface area contributed by atoms with Crippen molar-refractivity contribution in [2.45, 2.75) is 19.6 Å². The number of aromatic hydroxyl groups is 1. The van der Waals surface area contributed by atoms with E-state index < -0.39 is 23.7 Å². The molecule has 8 heteroatoms. The Labute approximate surface area is 165 Å². The van der Waals surface area contributed by atoms with Gasteiger partial charge in [-0.1, -0.05) is 41.9 Å². The maximum absolute atomic E-state index is 12.3. The van der Waals surface area contributed by atoms with Gasteiger partial charge in [-0.3, -0.25) is 9.59 Å². The van der Waals surface area contributed by atoms with Crippen LogP contribution in [0.3, 0.4) is 0 Å². The van der Waals surface area contributed by atoms with Crippen LogP contribution < -0.4 is 10.1 Å². The molecule has 0 radical (unpaired) electrons. The van der Waals surface area contributed by atoms with Crippen molar-refractivity contribution in [3.63, 3.8) is 0 Å². The van der Waals surface area contributed by atoms with Crippen LogP contribution in [0.15, 0.2) is 48.5 Å². The molecule has 1 heterocycles. The van der Waals surface area contributed by atoms with E-state index in [0.29, 0.717) is 17.7 Å². The van der Waals surface area contributed by atoms with E-state index in [0.717, 1.165) is 5.56 Å². The highest BCUT2D eigenvalue weighted by atomic mass is 35.5. The molecule has 1 atom stereocenters. The molecule has 28 heavy (non-hydrogen) atoms. The van der Waals surface area contributed by atoms with Crippen molar-refractivity contribution in [1.29, 1.82) is 0 Å². The largest absolute Gasteiger partial charge is 0.505 e. The summed E-state index contributed by atoms with van der Waals surface area (Å²) in [5.74, 6) is -1.98. The second kappa shape index (κ2) is 8.14. The van der Waals surface area contributed by atoms with Gasteiger partial charge in [-0.05, 0) is 30.7 Å². The topological polar surface area (TPSA) is 109 Å². The number of rotatable bonds is 6. The number of nitrogens with zero attached hydrogens (tertiary/aromatic N) is 1. The highest BCUT2D eigenvalue weighted by Crippen LogP contribution is 2.34. The van der Waals surface area contributed by atoms with E-state index in [2.05, 4.69) is 10.3 Å². The first-order valence-electron chi connectivity index (χ1n) is 8.39. The van der Waals surface area contributed by atoms with Crippen molar-refractivity contribution in [3.8, 4) is 11.5 Å². The molecule has 0 aliphatic carbocycles. The maximum Gasteiger partial charge on any atom is 0.325 e. The number of carbonyl (C=O) groups is 2. The Balaban J connectivity index is 1.92. The second-order valence-corrected chi connectivity index (χ2v) is 6.47. The van der Waals surface area contributed by atoms with Crippen LogP contribution in [0, 0.1) is 0 Å². The number of benzene rings is 2. The first-order valence-corrected chi connectivity index (χ1v) is 8.77. The van der Waals surface area contributed by atoms with Crippen LogP contribution in [0.4, 0.5) is 0 Å². The number of carboxylic acids is 1. The molecule has 144 valence electrons. The lowest BCUT2D eigenvalue weighted by Crippen LogP contribution is -2.38. The smallest absolute Gasteiger partial charge is 0.325 e. The van der Waals surface area contributed by atoms with Gasteiger partial charge in [0.15, 0.2) is 11.4 Å². The molecule has 3 N–H and O–H groups in total. The monoisotopic (exact) mass is 400 g/mol. The van der Waals surface area contributed by atoms with Gasteiger partial charge in [-0.15, -0.1) is 0 Å². The number of aromatic nitrogens is 1. The summed E-state index contributed by atoms with van der Waals surface area (Å²) in [5, 5.41) is 22.4. The molecule has 0 aliphatic rings. The van der Waals surface area contributed by atoms with Gasteiger partial charge >= 0.3 is 5.97 Å². The van der Waals surface area contributed by atoms with Crippen LogP contribution in [0.1, 0.15) is 23.0 Å². The molecule has 0 bridgehead atoms. The number of halogens is 1. The van der Waals surface area contributed by atoms with Crippen molar-refractivity contribution in [1.82, 2.24) is 10.3 Å². The molecule has 0 aliphatic heterocycles. The zero-order chi connectivity index (χ0) is 20.3. The summed E-state index contributed by atoms with van der Waals surface area (Å²) in [7, 11) is 0. The molecule has 0 unspecified atom stereocenters. The molecule has 1 amide bonds.